The molecule has 0 aliphatic rings. The Balaban J connectivity index is 1.80. The smallest absolute Gasteiger partial charge is 0.298 e. The zero-order valence-corrected chi connectivity index (χ0v) is 13.8. The predicted molar refractivity (Wildman–Crippen MR) is 89.9 cm³/mol. The summed E-state index contributed by atoms with van der Waals surface area (Å²) in [6.45, 7) is 6.03. The molecule has 2 aromatic heterocycles. The number of Topliss-reactive ketones (excluding diaryl/α,β-unsaturated/α-hetero) is 1. The third-order valence-corrected chi connectivity index (χ3v) is 4.59. The quantitative estimate of drug-likeness (QED) is 0.571. The molecule has 0 unspecified atom stereocenters. The van der Waals surface area contributed by atoms with Crippen LogP contribution in [0.15, 0.2) is 30.5 Å². The lowest BCUT2D eigenvalue weighted by atomic mass is 9.98. The summed E-state index contributed by atoms with van der Waals surface area (Å²) in [6.07, 6.45) is 1.55. The van der Waals surface area contributed by atoms with E-state index in [0.29, 0.717) is 10.7 Å². The fourth-order valence-electron chi connectivity index (χ4n) is 2.11. The number of amides is 1. The monoisotopic (exact) mass is 328 g/mol. The molecule has 0 aliphatic heterocycles. The maximum Gasteiger partial charge on any atom is 0.298 e. The van der Waals surface area contributed by atoms with Crippen LogP contribution in [0.25, 0.3) is 10.9 Å². The molecule has 0 spiro atoms. The fourth-order valence-corrected chi connectivity index (χ4v) is 2.91. The van der Waals surface area contributed by atoms with Crippen molar-refractivity contribution in [3.8, 4) is 0 Å². The number of aromatic amines is 1. The number of carbonyl (C=O) groups is 2. The lowest BCUT2D eigenvalue weighted by Gasteiger charge is -2.12. The van der Waals surface area contributed by atoms with Crippen LogP contribution in [-0.2, 0) is 10.2 Å². The van der Waals surface area contributed by atoms with Crippen LogP contribution in [0.2, 0.25) is 0 Å². The predicted octanol–water partition coefficient (Wildman–Crippen LogP) is 3.14. The summed E-state index contributed by atoms with van der Waals surface area (Å²) in [6, 6.07) is 7.34. The number of rotatable bonds is 3. The molecule has 2 N–H and O–H groups in total. The minimum atomic E-state index is -0.716. The van der Waals surface area contributed by atoms with E-state index in [4.69, 9.17) is 0 Å². The third-order valence-electron chi connectivity index (χ3n) is 3.33. The highest BCUT2D eigenvalue weighted by Crippen LogP contribution is 2.28. The molecule has 0 radical (unpaired) electrons. The van der Waals surface area contributed by atoms with Crippen LogP contribution in [0.4, 0.5) is 5.13 Å². The normalized spacial score (nSPS) is 11.6. The number of hydrogen-bond donors (Lipinski definition) is 2. The molecule has 0 atom stereocenters. The highest BCUT2D eigenvalue weighted by atomic mass is 32.1. The lowest BCUT2D eigenvalue weighted by Crippen LogP contribution is -2.22. The van der Waals surface area contributed by atoms with Crippen LogP contribution in [0.1, 0.15) is 36.1 Å². The molecule has 6 nitrogen and oxygen atoms in total. The Morgan fingerprint density at radius 2 is 1.91 bits per heavy atom. The first-order valence-electron chi connectivity index (χ1n) is 7.12. The van der Waals surface area contributed by atoms with Gasteiger partial charge in [0.1, 0.15) is 5.01 Å². The van der Waals surface area contributed by atoms with Crippen molar-refractivity contribution in [1.82, 2.24) is 15.2 Å². The Kier molecular flexibility index (Phi) is 3.73. The van der Waals surface area contributed by atoms with Gasteiger partial charge in [0.05, 0.1) is 5.56 Å². The van der Waals surface area contributed by atoms with E-state index in [2.05, 4.69) is 20.5 Å². The molecule has 7 heteroatoms. The SMILES string of the molecule is CC(C)(C)c1nnc(NC(=O)C(=O)c2c[nH]c3ccccc23)s1. The summed E-state index contributed by atoms with van der Waals surface area (Å²) in [4.78, 5) is 27.5. The minimum absolute atomic E-state index is 0.151. The number of nitrogens with zero attached hydrogens (tertiary/aromatic N) is 2. The van der Waals surface area contributed by atoms with Gasteiger partial charge in [-0.15, -0.1) is 10.2 Å². The second-order valence-corrected chi connectivity index (χ2v) is 7.17. The molecule has 2 heterocycles. The number of nitrogens with one attached hydrogen (secondary N) is 2. The van der Waals surface area contributed by atoms with Gasteiger partial charge < -0.3 is 4.98 Å². The lowest BCUT2D eigenvalue weighted by molar-refractivity contribution is -0.112. The molecule has 0 bridgehead atoms. The number of para-hydroxylation sites is 1. The Hall–Kier alpha value is -2.54. The molecular weight excluding hydrogens is 312 g/mol. The van der Waals surface area contributed by atoms with Gasteiger partial charge in [-0.2, -0.15) is 0 Å². The Bertz CT molecular complexity index is 889. The Morgan fingerprint density at radius 1 is 1.17 bits per heavy atom. The summed E-state index contributed by atoms with van der Waals surface area (Å²) < 4.78 is 0. The van der Waals surface area contributed by atoms with Crippen molar-refractivity contribution >= 4 is 39.1 Å². The van der Waals surface area contributed by atoms with Crippen molar-refractivity contribution in [3.05, 3.63) is 41.0 Å². The second kappa shape index (κ2) is 5.58. The van der Waals surface area contributed by atoms with Crippen LogP contribution in [0, 0.1) is 0 Å². The number of anilines is 1. The summed E-state index contributed by atoms with van der Waals surface area (Å²) in [5.74, 6) is -1.32. The second-order valence-electron chi connectivity index (χ2n) is 6.19. The van der Waals surface area contributed by atoms with E-state index in [9.17, 15) is 9.59 Å². The van der Waals surface area contributed by atoms with E-state index < -0.39 is 11.7 Å². The molecule has 3 aromatic rings. The molecule has 3 rings (SSSR count). The number of ketones is 1. The van der Waals surface area contributed by atoms with Crippen molar-refractivity contribution in [2.75, 3.05) is 5.32 Å². The van der Waals surface area contributed by atoms with Gasteiger partial charge in [0.15, 0.2) is 0 Å². The Morgan fingerprint density at radius 3 is 2.61 bits per heavy atom. The molecule has 118 valence electrons. The van der Waals surface area contributed by atoms with Crippen molar-refractivity contribution in [2.24, 2.45) is 0 Å². The summed E-state index contributed by atoms with van der Waals surface area (Å²) in [5.41, 5.74) is 1.01. The number of benzene rings is 1. The van der Waals surface area contributed by atoms with Gasteiger partial charge in [-0.1, -0.05) is 50.3 Å². The molecule has 0 saturated carbocycles. The van der Waals surface area contributed by atoms with Gasteiger partial charge in [-0.05, 0) is 6.07 Å². The molecule has 0 fully saturated rings. The van der Waals surface area contributed by atoms with E-state index >= 15 is 0 Å². The summed E-state index contributed by atoms with van der Waals surface area (Å²) in [5, 5.41) is 12.4. The van der Waals surface area contributed by atoms with E-state index in [0.717, 1.165) is 15.9 Å². The minimum Gasteiger partial charge on any atom is -0.360 e. The number of H-pyrrole nitrogens is 1. The van der Waals surface area contributed by atoms with Crippen LogP contribution in [-0.4, -0.2) is 26.9 Å². The van der Waals surface area contributed by atoms with E-state index in [1.807, 2.05) is 39.0 Å². The standard InChI is InChI=1S/C16H16N4O2S/c1-16(2,3)14-19-20-15(23-14)18-13(22)12(21)10-8-17-11-7-5-4-6-9(10)11/h4-8,17H,1-3H3,(H,18,20,22). The van der Waals surface area contributed by atoms with Crippen LogP contribution in [0.5, 0.6) is 0 Å². The van der Waals surface area contributed by atoms with E-state index in [-0.39, 0.29) is 5.41 Å². The van der Waals surface area contributed by atoms with Crippen molar-refractivity contribution < 1.29 is 9.59 Å². The van der Waals surface area contributed by atoms with Gasteiger partial charge in [-0.3, -0.25) is 14.9 Å². The molecular formula is C16H16N4O2S. The van der Waals surface area contributed by atoms with Crippen LogP contribution >= 0.6 is 11.3 Å². The molecule has 0 saturated heterocycles. The van der Waals surface area contributed by atoms with E-state index in [1.165, 1.54) is 11.3 Å². The first-order chi connectivity index (χ1) is 10.9. The Labute approximate surface area is 136 Å². The first-order valence-corrected chi connectivity index (χ1v) is 7.93. The molecule has 1 aromatic carbocycles. The number of carbonyl (C=O) groups excluding carboxylic acids is 2. The maximum atomic E-state index is 12.4. The number of aromatic nitrogens is 3. The van der Waals surface area contributed by atoms with Crippen LogP contribution in [0.3, 0.4) is 0 Å². The molecule has 23 heavy (non-hydrogen) atoms. The van der Waals surface area contributed by atoms with Crippen molar-refractivity contribution in [3.63, 3.8) is 0 Å². The maximum absolute atomic E-state index is 12.4. The van der Waals surface area contributed by atoms with E-state index in [1.54, 1.807) is 12.3 Å². The fraction of sp³-hybridized carbons (Fsp3) is 0.250. The van der Waals surface area contributed by atoms with Gasteiger partial charge in [0, 0.05) is 22.5 Å². The van der Waals surface area contributed by atoms with Gasteiger partial charge >= 0.3 is 0 Å². The zero-order valence-electron chi connectivity index (χ0n) is 13.0. The molecule has 0 aliphatic carbocycles. The summed E-state index contributed by atoms with van der Waals surface area (Å²) in [7, 11) is 0. The zero-order chi connectivity index (χ0) is 16.6. The summed E-state index contributed by atoms with van der Waals surface area (Å²) >= 11 is 1.27. The van der Waals surface area contributed by atoms with Gasteiger partial charge in [0.25, 0.3) is 11.7 Å². The highest BCUT2D eigenvalue weighted by molar-refractivity contribution is 7.15. The topological polar surface area (TPSA) is 87.7 Å². The van der Waals surface area contributed by atoms with Crippen molar-refractivity contribution in [1.29, 1.82) is 0 Å². The number of fused-ring (bicyclic) bond motifs is 1. The molecule has 1 amide bonds. The average Bonchev–Trinajstić information content (AvgIpc) is 3.12. The largest absolute Gasteiger partial charge is 0.360 e. The first kappa shape index (κ1) is 15.4. The number of hydrogen-bond acceptors (Lipinski definition) is 5. The van der Waals surface area contributed by atoms with Gasteiger partial charge in [-0.25, -0.2) is 0 Å². The van der Waals surface area contributed by atoms with Gasteiger partial charge in [0.2, 0.25) is 5.13 Å². The third kappa shape index (κ3) is 3.00. The van der Waals surface area contributed by atoms with Crippen LogP contribution < -0.4 is 5.32 Å². The highest BCUT2D eigenvalue weighted by Gasteiger charge is 2.23. The average molecular weight is 328 g/mol. The van der Waals surface area contributed by atoms with Crippen molar-refractivity contribution in [2.45, 2.75) is 26.2 Å².